The van der Waals surface area contributed by atoms with Gasteiger partial charge in [-0.05, 0) is 64.1 Å². The molecule has 0 radical (unpaired) electrons. The van der Waals surface area contributed by atoms with Crippen molar-refractivity contribution in [3.63, 3.8) is 0 Å². The van der Waals surface area contributed by atoms with Gasteiger partial charge in [-0.15, -0.1) is 0 Å². The molecule has 4 aromatic rings. The minimum Gasteiger partial charge on any atom is -0.0622 e. The van der Waals surface area contributed by atoms with E-state index in [1.54, 1.807) is 0 Å². The highest BCUT2D eigenvalue weighted by atomic mass is 79.9. The van der Waals surface area contributed by atoms with Crippen LogP contribution in [-0.4, -0.2) is 0 Å². The summed E-state index contributed by atoms with van der Waals surface area (Å²) in [5.74, 6) is 0. The van der Waals surface area contributed by atoms with Crippen LogP contribution in [0.3, 0.4) is 0 Å². The van der Waals surface area contributed by atoms with Crippen molar-refractivity contribution in [2.45, 2.75) is 12.3 Å². The molecular formula is C26H18Br2. The monoisotopic (exact) mass is 488 g/mol. The lowest BCUT2D eigenvalue weighted by Gasteiger charge is -2.29. The number of fused-ring (bicyclic) bond motifs is 3. The average Bonchev–Trinajstić information content (AvgIpc) is 2.99. The van der Waals surface area contributed by atoms with Gasteiger partial charge in [-0.3, -0.25) is 0 Å². The zero-order chi connectivity index (χ0) is 19.3. The number of rotatable bonds is 2. The van der Waals surface area contributed by atoms with Crippen LogP contribution in [0.1, 0.15) is 23.6 Å². The number of hydrogen-bond acceptors (Lipinski definition) is 0. The number of hydrogen-bond donors (Lipinski definition) is 0. The van der Waals surface area contributed by atoms with E-state index in [0.29, 0.717) is 0 Å². The number of halogens is 2. The maximum Gasteiger partial charge on any atom is 0.0446 e. The Hall–Kier alpha value is -2.16. The molecule has 0 fully saturated rings. The molecule has 0 bridgehead atoms. The molecular weight excluding hydrogens is 472 g/mol. The SMILES string of the molecule is CC1(c2ccc(-c3ccccc3)cc2)c2ccc(Br)cc2-c2cccc(Br)c21. The Bertz CT molecular complexity index is 1180. The molecule has 1 atom stereocenters. The van der Waals surface area contributed by atoms with Crippen molar-refractivity contribution in [1.29, 1.82) is 0 Å². The largest absolute Gasteiger partial charge is 0.0622 e. The van der Waals surface area contributed by atoms with Crippen molar-refractivity contribution in [2.24, 2.45) is 0 Å². The lowest BCUT2D eigenvalue weighted by atomic mass is 9.74. The van der Waals surface area contributed by atoms with E-state index >= 15 is 0 Å². The first kappa shape index (κ1) is 17.9. The maximum absolute atomic E-state index is 3.84. The fourth-order valence-corrected chi connectivity index (χ4v) is 5.62. The molecule has 136 valence electrons. The molecule has 0 heterocycles. The second-order valence-electron chi connectivity index (χ2n) is 7.42. The second-order valence-corrected chi connectivity index (χ2v) is 9.19. The van der Waals surface area contributed by atoms with E-state index < -0.39 is 0 Å². The highest BCUT2D eigenvalue weighted by Gasteiger charge is 2.42. The summed E-state index contributed by atoms with van der Waals surface area (Å²) in [6.45, 7) is 2.34. The van der Waals surface area contributed by atoms with E-state index in [0.717, 1.165) is 8.95 Å². The van der Waals surface area contributed by atoms with Gasteiger partial charge in [0.1, 0.15) is 0 Å². The van der Waals surface area contributed by atoms with Crippen LogP contribution in [0.4, 0.5) is 0 Å². The highest BCUT2D eigenvalue weighted by molar-refractivity contribution is 9.10. The third-order valence-corrected chi connectivity index (χ3v) is 7.05. The molecule has 0 nitrogen and oxygen atoms in total. The molecule has 28 heavy (non-hydrogen) atoms. The van der Waals surface area contributed by atoms with Crippen molar-refractivity contribution in [3.05, 3.63) is 117 Å². The highest BCUT2D eigenvalue weighted by Crippen LogP contribution is 2.55. The van der Waals surface area contributed by atoms with Crippen molar-refractivity contribution >= 4 is 31.9 Å². The Morgan fingerprint density at radius 3 is 2.11 bits per heavy atom. The van der Waals surface area contributed by atoms with Gasteiger partial charge in [-0.2, -0.15) is 0 Å². The summed E-state index contributed by atoms with van der Waals surface area (Å²) in [6, 6.07) is 32.7. The Morgan fingerprint density at radius 2 is 1.36 bits per heavy atom. The molecule has 0 saturated heterocycles. The van der Waals surface area contributed by atoms with Crippen molar-refractivity contribution < 1.29 is 0 Å². The lowest BCUT2D eigenvalue weighted by Crippen LogP contribution is -2.22. The summed E-state index contributed by atoms with van der Waals surface area (Å²) in [7, 11) is 0. The van der Waals surface area contributed by atoms with Crippen LogP contribution in [-0.2, 0) is 5.41 Å². The van der Waals surface area contributed by atoms with Crippen molar-refractivity contribution in [3.8, 4) is 22.3 Å². The molecule has 0 aliphatic heterocycles. The van der Waals surface area contributed by atoms with Crippen LogP contribution >= 0.6 is 31.9 Å². The first-order chi connectivity index (χ1) is 13.6. The normalized spacial score (nSPS) is 17.2. The smallest absolute Gasteiger partial charge is 0.0446 e. The minimum absolute atomic E-state index is 0.194. The standard InChI is InChI=1S/C26H18Br2/c1-26(19-12-10-18(11-13-19)17-6-3-2-4-7-17)23-15-14-20(27)16-22(23)21-8-5-9-24(28)25(21)26/h2-16H,1H3. The lowest BCUT2D eigenvalue weighted by molar-refractivity contribution is 0.710. The van der Waals surface area contributed by atoms with Gasteiger partial charge in [-0.25, -0.2) is 0 Å². The molecule has 1 aliphatic carbocycles. The summed E-state index contributed by atoms with van der Waals surface area (Å²) in [4.78, 5) is 0. The van der Waals surface area contributed by atoms with Crippen LogP contribution < -0.4 is 0 Å². The molecule has 2 heteroatoms. The predicted octanol–water partition coefficient (Wildman–Crippen LogP) is 8.21. The van der Waals surface area contributed by atoms with E-state index in [9.17, 15) is 0 Å². The molecule has 0 N–H and O–H groups in total. The van der Waals surface area contributed by atoms with Gasteiger partial charge in [0.05, 0.1) is 0 Å². The summed E-state index contributed by atoms with van der Waals surface area (Å²) in [6.07, 6.45) is 0. The van der Waals surface area contributed by atoms with Gasteiger partial charge in [-0.1, -0.05) is 105 Å². The Balaban J connectivity index is 1.72. The van der Waals surface area contributed by atoms with Gasteiger partial charge in [0.25, 0.3) is 0 Å². The summed E-state index contributed by atoms with van der Waals surface area (Å²) in [5, 5.41) is 0. The topological polar surface area (TPSA) is 0 Å². The van der Waals surface area contributed by atoms with Gasteiger partial charge >= 0.3 is 0 Å². The minimum atomic E-state index is -0.194. The quantitative estimate of drug-likeness (QED) is 0.266. The Labute approximate surface area is 182 Å². The van der Waals surface area contributed by atoms with Crippen LogP contribution in [0.2, 0.25) is 0 Å². The van der Waals surface area contributed by atoms with Crippen LogP contribution in [0.15, 0.2) is 99.9 Å². The second kappa shape index (κ2) is 6.72. The summed E-state index contributed by atoms with van der Waals surface area (Å²) in [5.41, 5.74) is 8.91. The van der Waals surface area contributed by atoms with E-state index in [4.69, 9.17) is 0 Å². The van der Waals surface area contributed by atoms with Gasteiger partial charge in [0.2, 0.25) is 0 Å². The molecule has 0 amide bonds. The van der Waals surface area contributed by atoms with Gasteiger partial charge in [0, 0.05) is 14.4 Å². The fraction of sp³-hybridized carbons (Fsp3) is 0.0769. The Kier molecular flexibility index (Phi) is 4.30. The third-order valence-electron chi connectivity index (χ3n) is 5.89. The zero-order valence-electron chi connectivity index (χ0n) is 15.4. The maximum atomic E-state index is 3.84. The molecule has 0 saturated carbocycles. The van der Waals surface area contributed by atoms with E-state index in [1.165, 1.54) is 38.9 Å². The molecule has 4 aromatic carbocycles. The molecule has 1 unspecified atom stereocenters. The van der Waals surface area contributed by atoms with E-state index in [-0.39, 0.29) is 5.41 Å². The summed E-state index contributed by atoms with van der Waals surface area (Å²) < 4.78 is 2.27. The molecule has 0 aromatic heterocycles. The summed E-state index contributed by atoms with van der Waals surface area (Å²) >= 11 is 7.49. The van der Waals surface area contributed by atoms with Gasteiger partial charge < -0.3 is 0 Å². The first-order valence-corrected chi connectivity index (χ1v) is 10.9. The fourth-order valence-electron chi connectivity index (χ4n) is 4.49. The molecule has 5 rings (SSSR count). The average molecular weight is 490 g/mol. The van der Waals surface area contributed by atoms with E-state index in [1.807, 2.05) is 0 Å². The third kappa shape index (κ3) is 2.62. The number of benzene rings is 4. The molecule has 1 aliphatic rings. The zero-order valence-corrected chi connectivity index (χ0v) is 18.6. The van der Waals surface area contributed by atoms with Crippen molar-refractivity contribution in [2.75, 3.05) is 0 Å². The van der Waals surface area contributed by atoms with Crippen molar-refractivity contribution in [1.82, 2.24) is 0 Å². The van der Waals surface area contributed by atoms with Crippen LogP contribution in [0.5, 0.6) is 0 Å². The van der Waals surface area contributed by atoms with Crippen LogP contribution in [0.25, 0.3) is 22.3 Å². The van der Waals surface area contributed by atoms with Crippen LogP contribution in [0, 0.1) is 0 Å². The van der Waals surface area contributed by atoms with E-state index in [2.05, 4.69) is 130 Å². The Morgan fingerprint density at radius 1 is 0.643 bits per heavy atom. The molecule has 0 spiro atoms. The first-order valence-electron chi connectivity index (χ1n) is 9.34. The predicted molar refractivity (Wildman–Crippen MR) is 125 cm³/mol. The van der Waals surface area contributed by atoms with Gasteiger partial charge in [0.15, 0.2) is 0 Å².